The number of benzene rings is 2. The molecule has 8 heteroatoms. The summed E-state index contributed by atoms with van der Waals surface area (Å²) in [5.41, 5.74) is 1.54. The second-order valence-electron chi connectivity index (χ2n) is 5.72. The molecule has 1 aromatic heterocycles. The van der Waals surface area contributed by atoms with Crippen LogP contribution < -0.4 is 5.32 Å². The van der Waals surface area contributed by atoms with Gasteiger partial charge in [0.15, 0.2) is 0 Å². The second-order valence-corrected chi connectivity index (χ2v) is 6.71. The number of imidazole rings is 1. The van der Waals surface area contributed by atoms with Crippen molar-refractivity contribution in [1.82, 2.24) is 15.3 Å². The Kier molecular flexibility index (Phi) is 5.52. The topological polar surface area (TPSA) is 101 Å². The van der Waals surface area contributed by atoms with Gasteiger partial charge in [0, 0.05) is 6.07 Å². The van der Waals surface area contributed by atoms with E-state index in [2.05, 4.69) is 15.3 Å². The number of nitrogens with one attached hydrogen (secondary N) is 2. The summed E-state index contributed by atoms with van der Waals surface area (Å²) < 4.78 is 0. The molecule has 26 heavy (non-hydrogen) atoms. The highest BCUT2D eigenvalue weighted by molar-refractivity contribution is 7.98. The van der Waals surface area contributed by atoms with E-state index in [1.807, 2.05) is 30.5 Å². The molecule has 0 radical (unpaired) electrons. The number of carbonyl (C=O) groups excluding carboxylic acids is 1. The minimum Gasteiger partial charge on any atom is -0.342 e. The van der Waals surface area contributed by atoms with E-state index in [0.29, 0.717) is 12.2 Å². The third-order valence-electron chi connectivity index (χ3n) is 4.00. The lowest BCUT2D eigenvalue weighted by Crippen LogP contribution is -2.30. The number of para-hydroxylation sites is 3. The van der Waals surface area contributed by atoms with Gasteiger partial charge in [0.1, 0.15) is 11.4 Å². The number of fused-ring (bicyclic) bond motifs is 1. The van der Waals surface area contributed by atoms with E-state index in [1.54, 1.807) is 23.9 Å². The van der Waals surface area contributed by atoms with Crippen molar-refractivity contribution in [3.8, 4) is 0 Å². The maximum Gasteiger partial charge on any atom is 0.282 e. The summed E-state index contributed by atoms with van der Waals surface area (Å²) in [6.45, 7) is 0. The number of hydrogen-bond donors (Lipinski definition) is 2. The Balaban J connectivity index is 1.89. The van der Waals surface area contributed by atoms with Crippen molar-refractivity contribution in [3.63, 3.8) is 0 Å². The summed E-state index contributed by atoms with van der Waals surface area (Å²) in [4.78, 5) is 31.1. The van der Waals surface area contributed by atoms with Crippen LogP contribution in [0.25, 0.3) is 11.0 Å². The lowest BCUT2D eigenvalue weighted by atomic mass is 10.1. The Morgan fingerprint density at radius 1 is 1.27 bits per heavy atom. The highest BCUT2D eigenvalue weighted by Gasteiger charge is 2.24. The number of nitro groups is 1. The summed E-state index contributed by atoms with van der Waals surface area (Å²) in [6.07, 6.45) is 2.65. The van der Waals surface area contributed by atoms with Gasteiger partial charge in [-0.2, -0.15) is 11.8 Å². The van der Waals surface area contributed by atoms with E-state index in [9.17, 15) is 14.9 Å². The van der Waals surface area contributed by atoms with Crippen LogP contribution in [0.2, 0.25) is 0 Å². The van der Waals surface area contributed by atoms with Crippen molar-refractivity contribution in [1.29, 1.82) is 0 Å². The van der Waals surface area contributed by atoms with E-state index < -0.39 is 10.8 Å². The van der Waals surface area contributed by atoms with E-state index >= 15 is 0 Å². The number of thioether (sulfide) groups is 1. The van der Waals surface area contributed by atoms with Gasteiger partial charge in [0.25, 0.3) is 11.6 Å². The minimum absolute atomic E-state index is 0.0442. The van der Waals surface area contributed by atoms with Crippen molar-refractivity contribution in [2.75, 3.05) is 12.0 Å². The van der Waals surface area contributed by atoms with Gasteiger partial charge in [-0.3, -0.25) is 14.9 Å². The zero-order chi connectivity index (χ0) is 18.5. The maximum absolute atomic E-state index is 12.7. The first kappa shape index (κ1) is 17.9. The predicted molar refractivity (Wildman–Crippen MR) is 102 cm³/mol. The van der Waals surface area contributed by atoms with E-state index in [4.69, 9.17) is 0 Å². The van der Waals surface area contributed by atoms with Crippen LogP contribution in [0.1, 0.15) is 28.6 Å². The molecular formula is C18H18N4O3S. The number of carbonyl (C=O) groups is 1. The van der Waals surface area contributed by atoms with Crippen LogP contribution in [0.5, 0.6) is 0 Å². The molecule has 1 heterocycles. The fraction of sp³-hybridized carbons (Fsp3) is 0.222. The average molecular weight is 370 g/mol. The fourth-order valence-electron chi connectivity index (χ4n) is 2.71. The molecular weight excluding hydrogens is 352 g/mol. The van der Waals surface area contributed by atoms with Crippen LogP contribution in [0.3, 0.4) is 0 Å². The van der Waals surface area contributed by atoms with Crippen molar-refractivity contribution in [2.45, 2.75) is 12.5 Å². The normalized spacial score (nSPS) is 12.0. The average Bonchev–Trinajstić information content (AvgIpc) is 3.09. The van der Waals surface area contributed by atoms with Gasteiger partial charge in [0.2, 0.25) is 0 Å². The Bertz CT molecular complexity index is 908. The number of H-pyrrole nitrogens is 1. The predicted octanol–water partition coefficient (Wildman–Crippen LogP) is 3.70. The van der Waals surface area contributed by atoms with Gasteiger partial charge in [-0.25, -0.2) is 4.98 Å². The van der Waals surface area contributed by atoms with Crippen LogP contribution in [0.4, 0.5) is 5.69 Å². The van der Waals surface area contributed by atoms with Gasteiger partial charge >= 0.3 is 0 Å². The van der Waals surface area contributed by atoms with E-state index in [-0.39, 0.29) is 17.3 Å². The number of aromatic amines is 1. The third kappa shape index (κ3) is 3.85. The lowest BCUT2D eigenvalue weighted by molar-refractivity contribution is -0.385. The molecule has 0 aliphatic heterocycles. The van der Waals surface area contributed by atoms with Crippen LogP contribution >= 0.6 is 11.8 Å². The molecule has 0 bridgehead atoms. The molecule has 7 nitrogen and oxygen atoms in total. The molecule has 2 N–H and O–H groups in total. The summed E-state index contributed by atoms with van der Waals surface area (Å²) >= 11 is 1.66. The first-order valence-electron chi connectivity index (χ1n) is 8.08. The number of amides is 1. The standard InChI is InChI=1S/C18H18N4O3S/c1-26-11-10-15(17-19-13-7-3-4-8-14(13)20-17)21-18(23)12-6-2-5-9-16(12)22(24)25/h2-9,15H,10-11H2,1H3,(H,19,20)(H,21,23)/t15-/m0/s1. The lowest BCUT2D eigenvalue weighted by Gasteiger charge is -2.16. The summed E-state index contributed by atoms with van der Waals surface area (Å²) in [5, 5.41) is 14.1. The molecule has 3 rings (SSSR count). The minimum atomic E-state index is -0.549. The number of rotatable bonds is 7. The number of nitro benzene ring substituents is 1. The molecule has 0 saturated carbocycles. The molecule has 0 aliphatic carbocycles. The molecule has 2 aromatic carbocycles. The summed E-state index contributed by atoms with van der Waals surface area (Å²) in [5.74, 6) is 0.981. The SMILES string of the molecule is CSCC[C@H](NC(=O)c1ccccc1[N+](=O)[O-])c1nc2ccccc2[nH]1. The Morgan fingerprint density at radius 2 is 2.00 bits per heavy atom. The zero-order valence-corrected chi connectivity index (χ0v) is 15.0. The highest BCUT2D eigenvalue weighted by Crippen LogP contribution is 2.23. The van der Waals surface area contributed by atoms with Crippen molar-refractivity contribution < 1.29 is 9.72 Å². The third-order valence-corrected chi connectivity index (χ3v) is 4.64. The van der Waals surface area contributed by atoms with Crippen LogP contribution in [-0.4, -0.2) is 32.8 Å². The van der Waals surface area contributed by atoms with Gasteiger partial charge in [-0.1, -0.05) is 24.3 Å². The van der Waals surface area contributed by atoms with Gasteiger partial charge in [-0.15, -0.1) is 0 Å². The summed E-state index contributed by atoms with van der Waals surface area (Å²) in [7, 11) is 0. The summed E-state index contributed by atoms with van der Waals surface area (Å²) in [6, 6.07) is 13.2. The van der Waals surface area contributed by atoms with Crippen LogP contribution in [0.15, 0.2) is 48.5 Å². The highest BCUT2D eigenvalue weighted by atomic mass is 32.2. The van der Waals surface area contributed by atoms with Gasteiger partial charge in [-0.05, 0) is 36.6 Å². The van der Waals surface area contributed by atoms with E-state index in [1.165, 1.54) is 12.1 Å². The number of hydrogen-bond acceptors (Lipinski definition) is 5. The molecule has 0 unspecified atom stereocenters. The Morgan fingerprint density at radius 3 is 2.73 bits per heavy atom. The number of nitrogens with zero attached hydrogens (tertiary/aromatic N) is 2. The van der Waals surface area contributed by atoms with Crippen LogP contribution in [0, 0.1) is 10.1 Å². The first-order valence-corrected chi connectivity index (χ1v) is 9.47. The maximum atomic E-state index is 12.7. The van der Waals surface area contributed by atoms with Crippen LogP contribution in [-0.2, 0) is 0 Å². The molecule has 1 atom stereocenters. The molecule has 0 saturated heterocycles. The first-order chi connectivity index (χ1) is 12.6. The molecule has 0 fully saturated rings. The second kappa shape index (κ2) is 8.01. The van der Waals surface area contributed by atoms with Crippen molar-refractivity contribution >= 4 is 34.4 Å². The van der Waals surface area contributed by atoms with Crippen molar-refractivity contribution in [3.05, 3.63) is 70.0 Å². The monoisotopic (exact) mass is 370 g/mol. The van der Waals surface area contributed by atoms with Gasteiger partial charge in [0.05, 0.1) is 22.0 Å². The molecule has 3 aromatic rings. The zero-order valence-electron chi connectivity index (χ0n) is 14.1. The Labute approximate surface area is 154 Å². The molecule has 0 aliphatic rings. The molecule has 134 valence electrons. The largest absolute Gasteiger partial charge is 0.342 e. The quantitative estimate of drug-likeness (QED) is 0.488. The van der Waals surface area contributed by atoms with E-state index in [0.717, 1.165) is 16.8 Å². The molecule has 1 amide bonds. The Hall–Kier alpha value is -2.87. The van der Waals surface area contributed by atoms with Gasteiger partial charge < -0.3 is 10.3 Å². The van der Waals surface area contributed by atoms with Crippen molar-refractivity contribution in [2.24, 2.45) is 0 Å². The molecule has 0 spiro atoms. The number of aromatic nitrogens is 2. The smallest absolute Gasteiger partial charge is 0.282 e. The fourth-order valence-corrected chi connectivity index (χ4v) is 3.18.